The van der Waals surface area contributed by atoms with Crippen molar-refractivity contribution >= 4 is 12.6 Å². The number of pyridine rings is 1. The van der Waals surface area contributed by atoms with E-state index in [0.717, 1.165) is 23.2 Å². The average Bonchev–Trinajstić information content (AvgIpc) is 2.47. The molecule has 1 atom stereocenters. The summed E-state index contributed by atoms with van der Waals surface area (Å²) in [5.74, 6) is 0.477. The highest BCUT2D eigenvalue weighted by Gasteiger charge is 2.13. The minimum atomic E-state index is 0.0747. The van der Waals surface area contributed by atoms with Crippen LogP contribution in [0.25, 0.3) is 11.3 Å². The van der Waals surface area contributed by atoms with Crippen molar-refractivity contribution in [3.8, 4) is 11.3 Å². The number of hydrogen-bond donors (Lipinski definition) is 1. The van der Waals surface area contributed by atoms with Crippen LogP contribution < -0.4 is 5.56 Å². The Labute approximate surface area is 119 Å². The lowest BCUT2D eigenvalue weighted by molar-refractivity contribution is 0.517. The fourth-order valence-corrected chi connectivity index (χ4v) is 2.42. The van der Waals surface area contributed by atoms with Gasteiger partial charge in [-0.25, -0.2) is 0 Å². The summed E-state index contributed by atoms with van der Waals surface area (Å²) >= 11 is 4.23. The van der Waals surface area contributed by atoms with Gasteiger partial charge in [0.2, 0.25) is 0 Å². The van der Waals surface area contributed by atoms with E-state index >= 15 is 0 Å². The van der Waals surface area contributed by atoms with E-state index in [2.05, 4.69) is 26.5 Å². The molecule has 0 aliphatic carbocycles. The lowest BCUT2D eigenvalue weighted by Crippen LogP contribution is -2.27. The predicted octanol–water partition coefficient (Wildman–Crippen LogP) is 3.92. The van der Waals surface area contributed by atoms with Crippen LogP contribution in [0.5, 0.6) is 0 Å². The molecular weight excluding hydrogens is 254 g/mol. The molecule has 0 radical (unpaired) electrons. The Balaban J connectivity index is 2.68. The second kappa shape index (κ2) is 6.11. The molecule has 0 aliphatic rings. The smallest absolute Gasteiger partial charge is 0.255 e. The van der Waals surface area contributed by atoms with Crippen LogP contribution in [-0.4, -0.2) is 4.57 Å². The summed E-state index contributed by atoms with van der Waals surface area (Å²) in [4.78, 5) is 12.5. The van der Waals surface area contributed by atoms with Gasteiger partial charge in [0.25, 0.3) is 5.56 Å². The maximum Gasteiger partial charge on any atom is 0.255 e. The molecular formula is C16H19NOS. The topological polar surface area (TPSA) is 22.0 Å². The Kier molecular flexibility index (Phi) is 4.48. The van der Waals surface area contributed by atoms with E-state index in [1.807, 2.05) is 47.0 Å². The van der Waals surface area contributed by atoms with Crippen molar-refractivity contribution in [2.75, 3.05) is 0 Å². The number of nitrogens with zero attached hydrogens (tertiary/aromatic N) is 1. The van der Waals surface area contributed by atoms with E-state index in [4.69, 9.17) is 0 Å². The third kappa shape index (κ3) is 2.76. The molecule has 0 saturated heterocycles. The van der Waals surface area contributed by atoms with Crippen LogP contribution in [0, 0.1) is 0 Å². The number of rotatable bonds is 4. The summed E-state index contributed by atoms with van der Waals surface area (Å²) in [6.07, 6.45) is 0.926. The van der Waals surface area contributed by atoms with Gasteiger partial charge in [-0.05, 0) is 25.0 Å². The molecule has 1 aromatic carbocycles. The zero-order valence-corrected chi connectivity index (χ0v) is 12.2. The quantitative estimate of drug-likeness (QED) is 0.838. The van der Waals surface area contributed by atoms with E-state index in [1.54, 1.807) is 0 Å². The summed E-state index contributed by atoms with van der Waals surface area (Å²) < 4.78 is 1.89. The van der Waals surface area contributed by atoms with Crippen molar-refractivity contribution in [1.82, 2.24) is 4.57 Å². The second-order valence-corrected chi connectivity index (χ2v) is 5.02. The standard InChI is InChI=1S/C16H19NOS/c1-3-12(2)17-15(13-7-5-4-6-8-13)10-9-14(11-19)16(17)18/h4-10,12,19H,3,11H2,1-2H3. The van der Waals surface area contributed by atoms with Gasteiger partial charge in [0, 0.05) is 17.4 Å². The Morgan fingerprint density at radius 3 is 2.42 bits per heavy atom. The van der Waals surface area contributed by atoms with Crippen LogP contribution in [0.1, 0.15) is 31.9 Å². The summed E-state index contributed by atoms with van der Waals surface area (Å²) in [7, 11) is 0. The molecule has 1 aromatic heterocycles. The summed E-state index contributed by atoms with van der Waals surface area (Å²) in [5, 5.41) is 0. The Morgan fingerprint density at radius 2 is 1.84 bits per heavy atom. The number of hydrogen-bond acceptors (Lipinski definition) is 2. The Morgan fingerprint density at radius 1 is 1.16 bits per heavy atom. The number of benzene rings is 1. The maximum atomic E-state index is 12.5. The summed E-state index contributed by atoms with van der Waals surface area (Å²) in [6, 6.07) is 14.1. The van der Waals surface area contributed by atoms with Gasteiger partial charge in [-0.1, -0.05) is 43.3 Å². The molecule has 0 spiro atoms. The van der Waals surface area contributed by atoms with Crippen LogP contribution in [0.4, 0.5) is 0 Å². The van der Waals surface area contributed by atoms with Gasteiger partial charge in [0.05, 0.1) is 5.69 Å². The first-order chi connectivity index (χ1) is 9.19. The molecule has 0 fully saturated rings. The molecule has 2 rings (SSSR count). The first-order valence-corrected chi connectivity index (χ1v) is 7.23. The minimum absolute atomic E-state index is 0.0747. The molecule has 19 heavy (non-hydrogen) atoms. The number of thiol groups is 1. The molecule has 0 N–H and O–H groups in total. The van der Waals surface area contributed by atoms with Gasteiger partial charge in [0.15, 0.2) is 0 Å². The van der Waals surface area contributed by atoms with Gasteiger partial charge in [-0.3, -0.25) is 4.79 Å². The van der Waals surface area contributed by atoms with Crippen LogP contribution in [0.2, 0.25) is 0 Å². The molecule has 0 aliphatic heterocycles. The molecule has 0 amide bonds. The number of aromatic nitrogens is 1. The van der Waals surface area contributed by atoms with E-state index in [0.29, 0.717) is 5.75 Å². The zero-order valence-electron chi connectivity index (χ0n) is 11.3. The first kappa shape index (κ1) is 13.9. The predicted molar refractivity (Wildman–Crippen MR) is 83.8 cm³/mol. The largest absolute Gasteiger partial charge is 0.305 e. The fraction of sp³-hybridized carbons (Fsp3) is 0.312. The molecule has 100 valence electrons. The van der Waals surface area contributed by atoms with Gasteiger partial charge in [0.1, 0.15) is 0 Å². The molecule has 1 unspecified atom stereocenters. The van der Waals surface area contributed by atoms with E-state index in [1.165, 1.54) is 0 Å². The van der Waals surface area contributed by atoms with Crippen molar-refractivity contribution in [3.63, 3.8) is 0 Å². The van der Waals surface area contributed by atoms with Gasteiger partial charge < -0.3 is 4.57 Å². The van der Waals surface area contributed by atoms with Crippen molar-refractivity contribution < 1.29 is 0 Å². The Bertz CT molecular complexity index is 604. The Hall–Kier alpha value is -1.48. The lowest BCUT2D eigenvalue weighted by Gasteiger charge is -2.19. The summed E-state index contributed by atoms with van der Waals surface area (Å²) in [6.45, 7) is 4.18. The SMILES string of the molecule is CCC(C)n1c(-c2ccccc2)ccc(CS)c1=O. The zero-order chi connectivity index (χ0) is 13.8. The van der Waals surface area contributed by atoms with Crippen LogP contribution >= 0.6 is 12.6 Å². The lowest BCUT2D eigenvalue weighted by atomic mass is 10.1. The van der Waals surface area contributed by atoms with Gasteiger partial charge in [-0.2, -0.15) is 12.6 Å². The molecule has 1 heterocycles. The van der Waals surface area contributed by atoms with E-state index < -0.39 is 0 Å². The third-order valence-electron chi connectivity index (χ3n) is 3.47. The highest BCUT2D eigenvalue weighted by molar-refractivity contribution is 7.79. The molecule has 0 bridgehead atoms. The van der Waals surface area contributed by atoms with Crippen LogP contribution in [0.3, 0.4) is 0 Å². The maximum absolute atomic E-state index is 12.5. The van der Waals surface area contributed by atoms with Gasteiger partial charge >= 0.3 is 0 Å². The van der Waals surface area contributed by atoms with Crippen LogP contribution in [-0.2, 0) is 5.75 Å². The van der Waals surface area contributed by atoms with E-state index in [9.17, 15) is 4.79 Å². The van der Waals surface area contributed by atoms with Crippen LogP contribution in [0.15, 0.2) is 47.3 Å². The van der Waals surface area contributed by atoms with Crippen molar-refractivity contribution in [3.05, 3.63) is 58.4 Å². The third-order valence-corrected chi connectivity index (χ3v) is 3.81. The molecule has 2 aromatic rings. The molecule has 0 saturated carbocycles. The monoisotopic (exact) mass is 273 g/mol. The highest BCUT2D eigenvalue weighted by atomic mass is 32.1. The average molecular weight is 273 g/mol. The van der Waals surface area contributed by atoms with E-state index in [-0.39, 0.29) is 11.6 Å². The minimum Gasteiger partial charge on any atom is -0.305 e. The normalized spacial score (nSPS) is 12.4. The molecule has 2 nitrogen and oxygen atoms in total. The summed E-state index contributed by atoms with van der Waals surface area (Å²) in [5.41, 5.74) is 2.88. The fourth-order valence-electron chi connectivity index (χ4n) is 2.18. The second-order valence-electron chi connectivity index (χ2n) is 4.70. The van der Waals surface area contributed by atoms with Crippen molar-refractivity contribution in [2.24, 2.45) is 0 Å². The highest BCUT2D eigenvalue weighted by Crippen LogP contribution is 2.22. The van der Waals surface area contributed by atoms with Crippen molar-refractivity contribution in [1.29, 1.82) is 0 Å². The first-order valence-electron chi connectivity index (χ1n) is 6.59. The van der Waals surface area contributed by atoms with Gasteiger partial charge in [-0.15, -0.1) is 0 Å². The van der Waals surface area contributed by atoms with Crippen molar-refractivity contribution in [2.45, 2.75) is 32.1 Å². The molecule has 3 heteroatoms.